The maximum Gasteiger partial charge on any atom is 0.249 e. The van der Waals surface area contributed by atoms with Gasteiger partial charge in [0.15, 0.2) is 9.34 Å². The minimum absolute atomic E-state index is 0.00910. The number of nitrogens with zero attached hydrogens (tertiary/aromatic N) is 1. The molecule has 0 aliphatic carbocycles. The normalized spacial score (nSPS) is 15.1. The van der Waals surface area contributed by atoms with Gasteiger partial charge in [-0.3, -0.25) is 0 Å². The molecule has 0 aliphatic heterocycles. The van der Waals surface area contributed by atoms with Gasteiger partial charge < -0.3 is 10.4 Å². The molecule has 0 aliphatic rings. The minimum atomic E-state index is -3.72. The number of rotatable bonds is 5. The molecule has 0 saturated carbocycles. The third-order valence-electron chi connectivity index (χ3n) is 2.49. The number of aliphatic hydroxyl groups is 1. The van der Waals surface area contributed by atoms with Crippen LogP contribution in [0.1, 0.15) is 12.5 Å². The first kappa shape index (κ1) is 14.4. The van der Waals surface area contributed by atoms with Gasteiger partial charge in [0.05, 0.1) is 6.20 Å². The second-order valence-electron chi connectivity index (χ2n) is 4.17. The predicted octanol–water partition coefficient (Wildman–Crippen LogP) is 1.17. The molecule has 1 atom stereocenters. The number of hydrogen-bond donors (Lipinski definition) is 3. The largest absolute Gasteiger partial charge is 0.384 e. The van der Waals surface area contributed by atoms with Crippen LogP contribution >= 0.6 is 22.7 Å². The first-order valence-electron chi connectivity index (χ1n) is 5.26. The summed E-state index contributed by atoms with van der Waals surface area (Å²) in [5.41, 5.74) is -0.249. The number of thiazole rings is 1. The summed E-state index contributed by atoms with van der Waals surface area (Å²) < 4.78 is 22.2. The Hall–Kier alpha value is -1.00. The van der Waals surface area contributed by atoms with Crippen LogP contribution in [0.5, 0.6) is 0 Å². The Kier molecular flexibility index (Phi) is 3.92. The maximum atomic E-state index is 11.1. The highest BCUT2D eigenvalue weighted by Crippen LogP contribution is 2.26. The van der Waals surface area contributed by atoms with E-state index < -0.39 is 15.6 Å². The lowest BCUT2D eigenvalue weighted by molar-refractivity contribution is 0.0720. The lowest BCUT2D eigenvalue weighted by Crippen LogP contribution is -2.30. The van der Waals surface area contributed by atoms with E-state index in [1.807, 2.05) is 16.8 Å². The van der Waals surface area contributed by atoms with Crippen molar-refractivity contribution in [1.82, 2.24) is 4.98 Å². The van der Waals surface area contributed by atoms with Gasteiger partial charge >= 0.3 is 0 Å². The van der Waals surface area contributed by atoms with Crippen LogP contribution in [0.3, 0.4) is 0 Å². The van der Waals surface area contributed by atoms with Crippen LogP contribution < -0.4 is 10.5 Å². The average Bonchev–Trinajstić information content (AvgIpc) is 2.97. The Morgan fingerprint density at radius 3 is 2.84 bits per heavy atom. The fourth-order valence-electron chi connectivity index (χ4n) is 1.39. The molecule has 0 amide bonds. The number of aromatic nitrogens is 1. The number of thiophene rings is 1. The highest BCUT2D eigenvalue weighted by atomic mass is 32.2. The quantitative estimate of drug-likeness (QED) is 0.767. The van der Waals surface area contributed by atoms with Gasteiger partial charge in [0.25, 0.3) is 0 Å². The Morgan fingerprint density at radius 2 is 2.32 bits per heavy atom. The zero-order chi connectivity index (χ0) is 14.1. The molecule has 0 bridgehead atoms. The standard InChI is InChI=1S/C10H13N3O3S3/c1-10(14,7-2-3-17-5-7)6-13-9-12-4-8(18-9)19(11,15)16/h2-5,14H,6H2,1H3,(H,12,13)(H2,11,15,16). The fraction of sp³-hybridized carbons (Fsp3) is 0.300. The number of primary sulfonamides is 1. The lowest BCUT2D eigenvalue weighted by Gasteiger charge is -2.22. The molecule has 0 saturated heterocycles. The highest BCUT2D eigenvalue weighted by Gasteiger charge is 2.24. The average molecular weight is 319 g/mol. The molecule has 19 heavy (non-hydrogen) atoms. The molecule has 104 valence electrons. The highest BCUT2D eigenvalue weighted by molar-refractivity contribution is 7.91. The van der Waals surface area contributed by atoms with E-state index in [1.54, 1.807) is 6.92 Å². The molecule has 1 unspecified atom stereocenters. The smallest absolute Gasteiger partial charge is 0.249 e. The molecule has 4 N–H and O–H groups in total. The van der Waals surface area contributed by atoms with Gasteiger partial charge in [-0.1, -0.05) is 11.3 Å². The van der Waals surface area contributed by atoms with E-state index in [4.69, 9.17) is 5.14 Å². The molecule has 2 rings (SSSR count). The van der Waals surface area contributed by atoms with Crippen LogP contribution in [0.15, 0.2) is 27.2 Å². The summed E-state index contributed by atoms with van der Waals surface area (Å²) in [6, 6.07) is 1.84. The molecular weight excluding hydrogens is 306 g/mol. The third-order valence-corrected chi connectivity index (χ3v) is 5.54. The van der Waals surface area contributed by atoms with Crippen molar-refractivity contribution in [2.24, 2.45) is 5.14 Å². The number of nitrogens with two attached hydrogens (primary N) is 1. The van der Waals surface area contributed by atoms with Crippen LogP contribution in [-0.2, 0) is 15.6 Å². The summed E-state index contributed by atoms with van der Waals surface area (Å²) >= 11 is 2.43. The predicted molar refractivity (Wildman–Crippen MR) is 75.9 cm³/mol. The molecule has 9 heteroatoms. The van der Waals surface area contributed by atoms with Gasteiger partial charge in [-0.15, -0.1) is 0 Å². The van der Waals surface area contributed by atoms with Crippen LogP contribution in [0, 0.1) is 0 Å². The second-order valence-corrected chi connectivity index (χ2v) is 7.77. The number of nitrogens with one attached hydrogen (secondary N) is 1. The SMILES string of the molecule is CC(O)(CNc1ncc(S(N)(=O)=O)s1)c1ccsc1. The van der Waals surface area contributed by atoms with Crippen LogP contribution in [-0.4, -0.2) is 25.1 Å². The molecule has 0 aromatic carbocycles. The molecule has 0 fully saturated rings. The summed E-state index contributed by atoms with van der Waals surface area (Å²) in [4.78, 5) is 3.91. The number of hydrogen-bond acceptors (Lipinski definition) is 7. The van der Waals surface area contributed by atoms with Gasteiger partial charge in [0.2, 0.25) is 10.0 Å². The van der Waals surface area contributed by atoms with Crippen molar-refractivity contribution in [1.29, 1.82) is 0 Å². The van der Waals surface area contributed by atoms with Gasteiger partial charge in [-0.2, -0.15) is 11.3 Å². The third kappa shape index (κ3) is 3.51. The summed E-state index contributed by atoms with van der Waals surface area (Å²) in [5, 5.41) is 22.3. The van der Waals surface area contributed by atoms with Crippen LogP contribution in [0.25, 0.3) is 0 Å². The van der Waals surface area contributed by atoms with E-state index in [0.29, 0.717) is 5.13 Å². The summed E-state index contributed by atoms with van der Waals surface area (Å²) in [5.74, 6) is 0. The van der Waals surface area contributed by atoms with E-state index in [2.05, 4.69) is 10.3 Å². The lowest BCUT2D eigenvalue weighted by atomic mass is 10.00. The van der Waals surface area contributed by atoms with Gasteiger partial charge in [-0.05, 0) is 29.3 Å². The number of sulfonamides is 1. The van der Waals surface area contributed by atoms with E-state index in [9.17, 15) is 13.5 Å². The van der Waals surface area contributed by atoms with Crippen molar-refractivity contribution in [3.05, 3.63) is 28.6 Å². The van der Waals surface area contributed by atoms with Crippen LogP contribution in [0.2, 0.25) is 0 Å². The zero-order valence-electron chi connectivity index (χ0n) is 10.0. The molecule has 0 radical (unpaired) electrons. The first-order valence-corrected chi connectivity index (χ1v) is 8.57. The molecule has 2 heterocycles. The van der Waals surface area contributed by atoms with E-state index in [-0.39, 0.29) is 10.8 Å². The van der Waals surface area contributed by atoms with Gasteiger partial charge in [0.1, 0.15) is 5.60 Å². The summed E-state index contributed by atoms with van der Waals surface area (Å²) in [7, 11) is -3.72. The van der Waals surface area contributed by atoms with Crippen molar-refractivity contribution in [2.45, 2.75) is 16.7 Å². The zero-order valence-corrected chi connectivity index (χ0v) is 12.5. The monoisotopic (exact) mass is 319 g/mol. The Morgan fingerprint density at radius 1 is 1.58 bits per heavy atom. The van der Waals surface area contributed by atoms with Crippen molar-refractivity contribution in [3.63, 3.8) is 0 Å². The van der Waals surface area contributed by atoms with Crippen molar-refractivity contribution in [2.75, 3.05) is 11.9 Å². The van der Waals surface area contributed by atoms with E-state index >= 15 is 0 Å². The summed E-state index contributed by atoms with van der Waals surface area (Å²) in [6.07, 6.45) is 1.20. The summed E-state index contributed by atoms with van der Waals surface area (Å²) in [6.45, 7) is 1.90. The molecule has 2 aromatic heterocycles. The fourth-order valence-corrected chi connectivity index (χ4v) is 3.62. The first-order chi connectivity index (χ1) is 8.79. The van der Waals surface area contributed by atoms with Crippen molar-refractivity contribution >= 4 is 37.8 Å². The minimum Gasteiger partial charge on any atom is -0.384 e. The molecule has 2 aromatic rings. The Labute approximate surface area is 119 Å². The molecular formula is C10H13N3O3S3. The van der Waals surface area contributed by atoms with Gasteiger partial charge in [-0.25, -0.2) is 18.5 Å². The van der Waals surface area contributed by atoms with E-state index in [1.165, 1.54) is 17.5 Å². The number of anilines is 1. The topological polar surface area (TPSA) is 105 Å². The van der Waals surface area contributed by atoms with Crippen molar-refractivity contribution in [3.8, 4) is 0 Å². The maximum absolute atomic E-state index is 11.1. The van der Waals surface area contributed by atoms with E-state index in [0.717, 1.165) is 16.9 Å². The Balaban J connectivity index is 2.05. The molecule has 6 nitrogen and oxygen atoms in total. The van der Waals surface area contributed by atoms with Crippen molar-refractivity contribution < 1.29 is 13.5 Å². The van der Waals surface area contributed by atoms with Crippen LogP contribution in [0.4, 0.5) is 5.13 Å². The second kappa shape index (κ2) is 5.17. The van der Waals surface area contributed by atoms with Gasteiger partial charge in [0, 0.05) is 6.54 Å². The Bertz CT molecular complexity index is 647. The molecule has 0 spiro atoms.